The van der Waals surface area contributed by atoms with E-state index >= 15 is 0 Å². The van der Waals surface area contributed by atoms with Crippen LogP contribution in [0.3, 0.4) is 0 Å². The molecule has 0 amide bonds. The molecule has 0 radical (unpaired) electrons. The van der Waals surface area contributed by atoms with Gasteiger partial charge in [-0.25, -0.2) is 0 Å². The Balaban J connectivity index is 2.12. The second-order valence-electron chi connectivity index (χ2n) is 7.52. The Morgan fingerprint density at radius 1 is 1.37 bits per heavy atom. The average molecular weight is 261 g/mol. The second kappa shape index (κ2) is 4.12. The predicted octanol–water partition coefficient (Wildman–Crippen LogP) is 4.09. The zero-order chi connectivity index (χ0) is 13.8. The third-order valence-electron chi connectivity index (χ3n) is 5.49. The lowest BCUT2D eigenvalue weighted by molar-refractivity contribution is 0.0861. The van der Waals surface area contributed by atoms with Crippen LogP contribution in [-0.4, -0.2) is 9.67 Å². The molecule has 2 aliphatic carbocycles. The molecule has 0 aromatic carbocycles. The Morgan fingerprint density at radius 3 is 2.58 bits per heavy atom. The molecule has 0 spiro atoms. The lowest BCUT2D eigenvalue weighted by Gasteiger charge is -2.46. The maximum Gasteiger partial charge on any atom is 0.0812 e. The summed E-state index contributed by atoms with van der Waals surface area (Å²) in [5.41, 5.74) is 4.54. The number of rotatable bonds is 2. The summed E-state index contributed by atoms with van der Waals surface area (Å²) in [5.74, 6) is 0. The standard InChI is InChI=1S/C17H27NO/c1-5-17(7-6-8-17)18-12(2)9-13-14(18)10-16(3,4)11-15(13)19/h9,15,19H,5-8,10-11H2,1-4H3. The summed E-state index contributed by atoms with van der Waals surface area (Å²) in [4.78, 5) is 0. The van der Waals surface area contributed by atoms with Crippen LogP contribution in [0.4, 0.5) is 0 Å². The number of fused-ring (bicyclic) bond motifs is 1. The first-order valence-electron chi connectivity index (χ1n) is 7.78. The highest BCUT2D eigenvalue weighted by Crippen LogP contribution is 2.49. The minimum atomic E-state index is -0.271. The van der Waals surface area contributed by atoms with E-state index in [0.717, 1.165) is 12.8 Å². The van der Waals surface area contributed by atoms with Crippen molar-refractivity contribution in [3.63, 3.8) is 0 Å². The summed E-state index contributed by atoms with van der Waals surface area (Å²) in [7, 11) is 0. The summed E-state index contributed by atoms with van der Waals surface area (Å²) in [6.45, 7) is 9.10. The number of aromatic nitrogens is 1. The van der Waals surface area contributed by atoms with Gasteiger partial charge in [0.2, 0.25) is 0 Å². The molecular weight excluding hydrogens is 234 g/mol. The van der Waals surface area contributed by atoms with Crippen molar-refractivity contribution in [2.24, 2.45) is 5.41 Å². The van der Waals surface area contributed by atoms with E-state index in [1.54, 1.807) is 0 Å². The fourth-order valence-electron chi connectivity index (χ4n) is 4.32. The van der Waals surface area contributed by atoms with Gasteiger partial charge in [-0.3, -0.25) is 0 Å². The van der Waals surface area contributed by atoms with Crippen molar-refractivity contribution in [2.75, 3.05) is 0 Å². The van der Waals surface area contributed by atoms with Crippen LogP contribution in [0.15, 0.2) is 6.07 Å². The van der Waals surface area contributed by atoms with E-state index in [1.165, 1.54) is 42.6 Å². The fraction of sp³-hybridized carbons (Fsp3) is 0.765. The predicted molar refractivity (Wildman–Crippen MR) is 78.3 cm³/mol. The van der Waals surface area contributed by atoms with Crippen molar-refractivity contribution < 1.29 is 5.11 Å². The smallest absolute Gasteiger partial charge is 0.0812 e. The molecule has 1 aromatic rings. The Morgan fingerprint density at radius 2 is 2.05 bits per heavy atom. The van der Waals surface area contributed by atoms with Gasteiger partial charge in [-0.2, -0.15) is 0 Å². The lowest BCUT2D eigenvalue weighted by atomic mass is 9.72. The Bertz CT molecular complexity index is 488. The molecule has 1 saturated carbocycles. The van der Waals surface area contributed by atoms with Gasteiger partial charge in [0, 0.05) is 22.5 Å². The van der Waals surface area contributed by atoms with E-state index in [4.69, 9.17) is 0 Å². The van der Waals surface area contributed by atoms with Crippen LogP contribution < -0.4 is 0 Å². The molecule has 0 bridgehead atoms. The van der Waals surface area contributed by atoms with E-state index in [9.17, 15) is 5.11 Å². The molecule has 1 heterocycles. The van der Waals surface area contributed by atoms with Crippen LogP contribution in [0, 0.1) is 12.3 Å². The zero-order valence-corrected chi connectivity index (χ0v) is 12.8. The van der Waals surface area contributed by atoms with E-state index in [2.05, 4.69) is 38.3 Å². The van der Waals surface area contributed by atoms with Gasteiger partial charge in [0.15, 0.2) is 0 Å². The molecule has 2 nitrogen and oxygen atoms in total. The summed E-state index contributed by atoms with van der Waals surface area (Å²) >= 11 is 0. The van der Waals surface area contributed by atoms with Crippen LogP contribution in [0.25, 0.3) is 0 Å². The van der Waals surface area contributed by atoms with Gasteiger partial charge in [0.05, 0.1) is 6.10 Å². The summed E-state index contributed by atoms with van der Waals surface area (Å²) in [6, 6.07) is 2.24. The number of hydrogen-bond donors (Lipinski definition) is 1. The quantitative estimate of drug-likeness (QED) is 0.852. The molecule has 1 N–H and O–H groups in total. The normalized spacial score (nSPS) is 27.7. The van der Waals surface area contributed by atoms with Crippen LogP contribution in [0.5, 0.6) is 0 Å². The van der Waals surface area contributed by atoms with Crippen molar-refractivity contribution in [3.05, 3.63) is 23.0 Å². The molecule has 19 heavy (non-hydrogen) atoms. The Kier molecular flexibility index (Phi) is 2.87. The summed E-state index contributed by atoms with van der Waals surface area (Å²) < 4.78 is 2.59. The molecule has 0 saturated heterocycles. The minimum absolute atomic E-state index is 0.216. The van der Waals surface area contributed by atoms with Crippen molar-refractivity contribution in [1.29, 1.82) is 0 Å². The Labute approximate surface area is 116 Å². The van der Waals surface area contributed by atoms with Crippen molar-refractivity contribution >= 4 is 0 Å². The number of aryl methyl sites for hydroxylation is 1. The van der Waals surface area contributed by atoms with Gasteiger partial charge in [0.1, 0.15) is 0 Å². The molecule has 3 rings (SSSR count). The molecule has 1 unspecified atom stereocenters. The molecular formula is C17H27NO. The third kappa shape index (κ3) is 1.87. The first-order chi connectivity index (χ1) is 8.88. The Hall–Kier alpha value is -0.760. The van der Waals surface area contributed by atoms with Crippen LogP contribution in [0.1, 0.15) is 75.9 Å². The van der Waals surface area contributed by atoms with Crippen molar-refractivity contribution in [2.45, 2.75) is 77.9 Å². The SMILES string of the molecule is CCC1(n2c(C)cc3c2CC(C)(C)CC3O)CCC1. The van der Waals surface area contributed by atoms with E-state index in [-0.39, 0.29) is 11.5 Å². The highest BCUT2D eigenvalue weighted by molar-refractivity contribution is 5.35. The fourth-order valence-corrected chi connectivity index (χ4v) is 4.32. The highest BCUT2D eigenvalue weighted by atomic mass is 16.3. The first-order valence-corrected chi connectivity index (χ1v) is 7.78. The van der Waals surface area contributed by atoms with Crippen molar-refractivity contribution in [1.82, 2.24) is 4.57 Å². The summed E-state index contributed by atoms with van der Waals surface area (Å²) in [6.07, 6.45) is 6.91. The number of hydrogen-bond acceptors (Lipinski definition) is 1. The monoisotopic (exact) mass is 261 g/mol. The summed E-state index contributed by atoms with van der Waals surface area (Å²) in [5, 5.41) is 10.5. The third-order valence-corrected chi connectivity index (χ3v) is 5.49. The largest absolute Gasteiger partial charge is 0.388 e. The van der Waals surface area contributed by atoms with Gasteiger partial charge < -0.3 is 9.67 Å². The van der Waals surface area contributed by atoms with Gasteiger partial charge in [-0.15, -0.1) is 0 Å². The van der Waals surface area contributed by atoms with Crippen LogP contribution in [-0.2, 0) is 12.0 Å². The van der Waals surface area contributed by atoms with E-state index < -0.39 is 0 Å². The lowest BCUT2D eigenvalue weighted by Crippen LogP contribution is -2.42. The maximum atomic E-state index is 10.5. The molecule has 1 aromatic heterocycles. The maximum absolute atomic E-state index is 10.5. The highest BCUT2D eigenvalue weighted by Gasteiger charge is 2.42. The molecule has 0 aliphatic heterocycles. The van der Waals surface area contributed by atoms with E-state index in [1.807, 2.05) is 0 Å². The van der Waals surface area contributed by atoms with Gasteiger partial charge in [-0.05, 0) is 56.9 Å². The molecule has 106 valence electrons. The van der Waals surface area contributed by atoms with Crippen LogP contribution in [0.2, 0.25) is 0 Å². The topological polar surface area (TPSA) is 25.2 Å². The molecule has 1 atom stereocenters. The number of aliphatic hydroxyl groups is 1. The number of nitrogens with zero attached hydrogens (tertiary/aromatic N) is 1. The van der Waals surface area contributed by atoms with Gasteiger partial charge in [-0.1, -0.05) is 20.8 Å². The molecule has 2 aliphatic rings. The average Bonchev–Trinajstić information content (AvgIpc) is 2.55. The zero-order valence-electron chi connectivity index (χ0n) is 12.8. The van der Waals surface area contributed by atoms with Gasteiger partial charge >= 0.3 is 0 Å². The molecule has 1 fully saturated rings. The number of aliphatic hydroxyl groups excluding tert-OH is 1. The first kappa shape index (κ1) is 13.2. The second-order valence-corrected chi connectivity index (χ2v) is 7.52. The molecule has 2 heteroatoms. The van der Waals surface area contributed by atoms with Crippen molar-refractivity contribution in [3.8, 4) is 0 Å². The van der Waals surface area contributed by atoms with E-state index in [0.29, 0.717) is 5.54 Å². The van der Waals surface area contributed by atoms with Gasteiger partial charge in [0.25, 0.3) is 0 Å². The minimum Gasteiger partial charge on any atom is -0.388 e. The van der Waals surface area contributed by atoms with Crippen LogP contribution >= 0.6 is 0 Å².